The molecule has 1 aliphatic carbocycles. The van der Waals surface area contributed by atoms with Gasteiger partial charge in [-0.2, -0.15) is 0 Å². The van der Waals surface area contributed by atoms with Gasteiger partial charge >= 0.3 is 0 Å². The highest BCUT2D eigenvalue weighted by Gasteiger charge is 2.36. The van der Waals surface area contributed by atoms with Crippen LogP contribution in [-0.2, 0) is 4.74 Å². The number of carbonyl (C=O) groups is 2. The van der Waals surface area contributed by atoms with E-state index in [1.165, 1.54) is 0 Å². The van der Waals surface area contributed by atoms with E-state index in [4.69, 9.17) is 16.3 Å². The lowest BCUT2D eigenvalue weighted by molar-refractivity contribution is 0.00336. The number of hydrogen-bond acceptors (Lipinski definition) is 5. The molecule has 0 aromatic heterocycles. The molecule has 4 rings (SSSR count). The SMILES string of the molecule is O=C1C(Cl)=C(N2CCC(N3CCOCC3)CC2)C(=O)c2ccccc21. The zero-order chi connectivity index (χ0) is 17.4. The predicted molar refractivity (Wildman–Crippen MR) is 95.0 cm³/mol. The Kier molecular flexibility index (Phi) is 4.63. The van der Waals surface area contributed by atoms with Crippen LogP contribution in [0.25, 0.3) is 0 Å². The fraction of sp³-hybridized carbons (Fsp3) is 0.474. The highest BCUT2D eigenvalue weighted by atomic mass is 35.5. The molecule has 25 heavy (non-hydrogen) atoms. The van der Waals surface area contributed by atoms with Crippen LogP contribution in [0.15, 0.2) is 35.0 Å². The third kappa shape index (κ3) is 3.01. The Hall–Kier alpha value is -1.69. The highest BCUT2D eigenvalue weighted by Crippen LogP contribution is 2.32. The zero-order valence-corrected chi connectivity index (χ0v) is 14.8. The number of piperidine rings is 1. The number of likely N-dealkylation sites (tertiary alicyclic amines) is 1. The van der Waals surface area contributed by atoms with Gasteiger partial charge in [-0.25, -0.2) is 0 Å². The Bertz CT molecular complexity index is 732. The van der Waals surface area contributed by atoms with Crippen LogP contribution in [0.3, 0.4) is 0 Å². The average Bonchev–Trinajstić information content (AvgIpc) is 2.68. The van der Waals surface area contributed by atoms with Gasteiger partial charge in [0.2, 0.25) is 11.6 Å². The van der Waals surface area contributed by atoms with Gasteiger partial charge < -0.3 is 9.64 Å². The van der Waals surface area contributed by atoms with Crippen LogP contribution in [0, 0.1) is 0 Å². The van der Waals surface area contributed by atoms with Crippen molar-refractivity contribution in [2.24, 2.45) is 0 Å². The molecule has 2 saturated heterocycles. The van der Waals surface area contributed by atoms with Crippen LogP contribution in [0.2, 0.25) is 0 Å². The summed E-state index contributed by atoms with van der Waals surface area (Å²) in [6, 6.07) is 7.43. The number of nitrogens with zero attached hydrogens (tertiary/aromatic N) is 2. The molecular weight excluding hydrogens is 340 g/mol. The van der Waals surface area contributed by atoms with Crippen molar-refractivity contribution in [1.29, 1.82) is 0 Å². The van der Waals surface area contributed by atoms with Crippen molar-refractivity contribution in [3.05, 3.63) is 46.1 Å². The van der Waals surface area contributed by atoms with E-state index in [-0.39, 0.29) is 16.6 Å². The third-order valence-electron chi connectivity index (χ3n) is 5.38. The van der Waals surface area contributed by atoms with Crippen LogP contribution in [0.5, 0.6) is 0 Å². The normalized spacial score (nSPS) is 23.2. The van der Waals surface area contributed by atoms with E-state index in [0.29, 0.717) is 22.9 Å². The molecule has 0 bridgehead atoms. The minimum Gasteiger partial charge on any atom is -0.379 e. The Labute approximate surface area is 152 Å². The number of allylic oxidation sites excluding steroid dienone is 2. The van der Waals surface area contributed by atoms with Crippen LogP contribution in [-0.4, -0.2) is 66.8 Å². The van der Waals surface area contributed by atoms with Crippen molar-refractivity contribution in [1.82, 2.24) is 9.80 Å². The second-order valence-corrected chi connectivity index (χ2v) is 7.11. The summed E-state index contributed by atoms with van der Waals surface area (Å²) in [5.74, 6) is -0.382. The molecule has 5 nitrogen and oxygen atoms in total. The van der Waals surface area contributed by atoms with Gasteiger partial charge in [-0.15, -0.1) is 0 Å². The maximum atomic E-state index is 12.9. The van der Waals surface area contributed by atoms with Crippen molar-refractivity contribution >= 4 is 23.2 Å². The molecule has 0 N–H and O–H groups in total. The van der Waals surface area contributed by atoms with Gasteiger partial charge in [0.1, 0.15) is 10.7 Å². The molecule has 0 spiro atoms. The number of Topliss-reactive ketones (excluding diaryl/α,β-unsaturated/α-hetero) is 2. The first-order valence-electron chi connectivity index (χ1n) is 8.82. The number of rotatable bonds is 2. The number of ether oxygens (including phenoxy) is 1. The van der Waals surface area contributed by atoms with Crippen LogP contribution >= 0.6 is 11.6 Å². The second-order valence-electron chi connectivity index (χ2n) is 6.73. The van der Waals surface area contributed by atoms with E-state index in [1.807, 2.05) is 4.90 Å². The van der Waals surface area contributed by atoms with E-state index in [9.17, 15) is 9.59 Å². The quantitative estimate of drug-likeness (QED) is 0.810. The van der Waals surface area contributed by atoms with Crippen molar-refractivity contribution in [3.8, 4) is 0 Å². The number of hydrogen-bond donors (Lipinski definition) is 0. The molecule has 2 heterocycles. The second kappa shape index (κ2) is 6.90. The van der Waals surface area contributed by atoms with Crippen molar-refractivity contribution in [2.75, 3.05) is 39.4 Å². The van der Waals surface area contributed by atoms with Gasteiger partial charge in [0.05, 0.1) is 13.2 Å². The Balaban J connectivity index is 1.52. The average molecular weight is 361 g/mol. The number of morpholine rings is 1. The van der Waals surface area contributed by atoms with Crippen molar-refractivity contribution in [2.45, 2.75) is 18.9 Å². The maximum absolute atomic E-state index is 12.9. The zero-order valence-electron chi connectivity index (χ0n) is 14.0. The molecule has 6 heteroatoms. The number of carbonyl (C=O) groups excluding carboxylic acids is 2. The van der Waals surface area contributed by atoms with E-state index in [0.717, 1.165) is 52.2 Å². The van der Waals surface area contributed by atoms with Gasteiger partial charge in [0.15, 0.2) is 0 Å². The first kappa shape index (κ1) is 16.8. The van der Waals surface area contributed by atoms with E-state index < -0.39 is 0 Å². The smallest absolute Gasteiger partial charge is 0.211 e. The summed E-state index contributed by atoms with van der Waals surface area (Å²) in [7, 11) is 0. The highest BCUT2D eigenvalue weighted by molar-refractivity contribution is 6.49. The summed E-state index contributed by atoms with van der Waals surface area (Å²) in [6.45, 7) is 5.02. The van der Waals surface area contributed by atoms with E-state index in [1.54, 1.807) is 24.3 Å². The standard InChI is InChI=1S/C19H21ClN2O3/c20-16-17(19(24)15-4-2-1-3-14(15)18(16)23)22-7-5-13(6-8-22)21-9-11-25-12-10-21/h1-4,13H,5-12H2. The Morgan fingerprint density at radius 2 is 1.52 bits per heavy atom. The topological polar surface area (TPSA) is 49.9 Å². The van der Waals surface area contributed by atoms with Gasteiger partial charge in [-0.05, 0) is 12.8 Å². The lowest BCUT2D eigenvalue weighted by Gasteiger charge is -2.41. The first-order chi connectivity index (χ1) is 12.2. The first-order valence-corrected chi connectivity index (χ1v) is 9.19. The van der Waals surface area contributed by atoms with Crippen LogP contribution in [0.4, 0.5) is 0 Å². The summed E-state index contributed by atoms with van der Waals surface area (Å²) < 4.78 is 5.42. The molecular formula is C19H21ClN2O3. The predicted octanol–water partition coefficient (Wildman–Crippen LogP) is 2.31. The molecule has 0 saturated carbocycles. The molecule has 1 aromatic carbocycles. The molecule has 2 aliphatic heterocycles. The fourth-order valence-electron chi connectivity index (χ4n) is 4.01. The lowest BCUT2D eigenvalue weighted by Crippen LogP contribution is -2.49. The molecule has 1 aromatic rings. The molecule has 0 radical (unpaired) electrons. The summed E-state index contributed by atoms with van der Waals surface area (Å²) in [6.07, 6.45) is 1.94. The number of halogens is 1. The molecule has 0 amide bonds. The van der Waals surface area contributed by atoms with Gasteiger partial charge in [-0.3, -0.25) is 14.5 Å². The summed E-state index contributed by atoms with van der Waals surface area (Å²) >= 11 is 6.31. The minimum absolute atomic E-state index is 0.0634. The van der Waals surface area contributed by atoms with E-state index >= 15 is 0 Å². The summed E-state index contributed by atoms with van der Waals surface area (Å²) in [5, 5.41) is 0.0634. The number of fused-ring (bicyclic) bond motifs is 1. The van der Waals surface area contributed by atoms with Crippen molar-refractivity contribution in [3.63, 3.8) is 0 Å². The molecule has 0 unspecified atom stereocenters. The monoisotopic (exact) mass is 360 g/mol. The molecule has 2 fully saturated rings. The van der Waals surface area contributed by atoms with Gasteiger partial charge in [0, 0.05) is 43.3 Å². The lowest BCUT2D eigenvalue weighted by atomic mass is 9.90. The molecule has 3 aliphatic rings. The summed E-state index contributed by atoms with van der Waals surface area (Å²) in [4.78, 5) is 29.9. The van der Waals surface area contributed by atoms with E-state index in [2.05, 4.69) is 4.90 Å². The fourth-order valence-corrected chi connectivity index (χ4v) is 4.32. The largest absolute Gasteiger partial charge is 0.379 e. The Morgan fingerprint density at radius 3 is 2.16 bits per heavy atom. The molecule has 132 valence electrons. The van der Waals surface area contributed by atoms with Crippen molar-refractivity contribution < 1.29 is 14.3 Å². The third-order valence-corrected chi connectivity index (χ3v) is 5.73. The van der Waals surface area contributed by atoms with Gasteiger partial charge in [-0.1, -0.05) is 35.9 Å². The van der Waals surface area contributed by atoms with Crippen LogP contribution < -0.4 is 0 Å². The van der Waals surface area contributed by atoms with Gasteiger partial charge in [0.25, 0.3) is 0 Å². The summed E-state index contributed by atoms with van der Waals surface area (Å²) in [5.41, 5.74) is 1.25. The Morgan fingerprint density at radius 1 is 0.920 bits per heavy atom. The minimum atomic E-state index is -0.248. The molecule has 0 atom stereocenters. The number of ketones is 2. The number of benzene rings is 1. The van der Waals surface area contributed by atoms with Crippen LogP contribution in [0.1, 0.15) is 33.6 Å². The maximum Gasteiger partial charge on any atom is 0.211 e.